The molecule has 0 spiro atoms. The molecule has 0 aliphatic carbocycles. The monoisotopic (exact) mass is 399 g/mol. The summed E-state index contributed by atoms with van der Waals surface area (Å²) < 4.78 is 15.4. The molecule has 0 N–H and O–H groups in total. The molecule has 0 aliphatic rings. The summed E-state index contributed by atoms with van der Waals surface area (Å²) in [5, 5.41) is 0. The summed E-state index contributed by atoms with van der Waals surface area (Å²) >= 11 is 0. The molecule has 0 saturated heterocycles. The predicted molar refractivity (Wildman–Crippen MR) is 107 cm³/mol. The third-order valence-corrected chi connectivity index (χ3v) is 4.16. The Morgan fingerprint density at radius 3 is 2.00 bits per heavy atom. The first kappa shape index (κ1) is 21.9. The van der Waals surface area contributed by atoms with E-state index >= 15 is 0 Å². The van der Waals surface area contributed by atoms with Crippen LogP contribution in [0.3, 0.4) is 0 Å². The largest absolute Gasteiger partial charge is 0.493 e. The van der Waals surface area contributed by atoms with Crippen LogP contribution in [0.4, 0.5) is 0 Å². The lowest BCUT2D eigenvalue weighted by atomic mass is 10.1. The number of carbonyl (C=O) groups excluding carboxylic acids is 3. The first-order chi connectivity index (χ1) is 13.8. The van der Waals surface area contributed by atoms with E-state index in [0.29, 0.717) is 36.8 Å². The second-order valence-electron chi connectivity index (χ2n) is 6.51. The Morgan fingerprint density at radius 2 is 1.45 bits per heavy atom. The van der Waals surface area contributed by atoms with Crippen molar-refractivity contribution in [3.63, 3.8) is 0 Å². The normalized spacial score (nSPS) is 10.2. The van der Waals surface area contributed by atoms with Gasteiger partial charge in [0.05, 0.1) is 7.11 Å². The van der Waals surface area contributed by atoms with Gasteiger partial charge in [0.2, 0.25) is 5.91 Å². The van der Waals surface area contributed by atoms with E-state index in [1.807, 2.05) is 18.2 Å². The van der Waals surface area contributed by atoms with Gasteiger partial charge in [-0.05, 0) is 41.8 Å². The van der Waals surface area contributed by atoms with E-state index in [1.165, 1.54) is 27.9 Å². The van der Waals surface area contributed by atoms with Crippen LogP contribution < -0.4 is 14.2 Å². The standard InChI is InChI=1S/C22H25NO6/c1-15(24)23(12-11-18-5-8-20(9-6-18)28-16(2)25)14-19-7-10-21(27-4)22(13-19)29-17(3)26/h5-10,13H,11-12,14H2,1-4H3. The molecule has 0 aliphatic heterocycles. The molecule has 0 fully saturated rings. The number of ether oxygens (including phenoxy) is 3. The molecule has 0 heterocycles. The molecule has 0 bridgehead atoms. The maximum Gasteiger partial charge on any atom is 0.308 e. The average molecular weight is 399 g/mol. The molecule has 0 radical (unpaired) electrons. The van der Waals surface area contributed by atoms with Crippen molar-refractivity contribution in [1.29, 1.82) is 0 Å². The molecule has 2 aromatic rings. The van der Waals surface area contributed by atoms with Crippen molar-refractivity contribution in [2.45, 2.75) is 33.7 Å². The number of carbonyl (C=O) groups is 3. The Labute approximate surface area is 170 Å². The van der Waals surface area contributed by atoms with Crippen LogP contribution in [0.15, 0.2) is 42.5 Å². The number of amides is 1. The first-order valence-corrected chi connectivity index (χ1v) is 9.16. The Balaban J connectivity index is 2.05. The van der Waals surface area contributed by atoms with Crippen molar-refractivity contribution in [2.75, 3.05) is 13.7 Å². The van der Waals surface area contributed by atoms with Gasteiger partial charge < -0.3 is 19.1 Å². The summed E-state index contributed by atoms with van der Waals surface area (Å²) in [6, 6.07) is 12.4. The number of rotatable bonds is 8. The maximum atomic E-state index is 12.1. The lowest BCUT2D eigenvalue weighted by Gasteiger charge is -2.22. The van der Waals surface area contributed by atoms with Gasteiger partial charge in [0.15, 0.2) is 11.5 Å². The van der Waals surface area contributed by atoms with Gasteiger partial charge in [0.25, 0.3) is 0 Å². The molecular formula is C22H25NO6. The SMILES string of the molecule is COc1ccc(CN(CCc2ccc(OC(C)=O)cc2)C(C)=O)cc1OC(C)=O. The van der Waals surface area contributed by atoms with Gasteiger partial charge in [0.1, 0.15) is 5.75 Å². The van der Waals surface area contributed by atoms with E-state index in [4.69, 9.17) is 14.2 Å². The van der Waals surface area contributed by atoms with Crippen LogP contribution in [-0.2, 0) is 27.3 Å². The smallest absolute Gasteiger partial charge is 0.308 e. The number of hydrogen-bond acceptors (Lipinski definition) is 6. The van der Waals surface area contributed by atoms with Crippen LogP contribution in [0.5, 0.6) is 17.2 Å². The maximum absolute atomic E-state index is 12.1. The van der Waals surface area contributed by atoms with E-state index in [-0.39, 0.29) is 11.9 Å². The highest BCUT2D eigenvalue weighted by molar-refractivity contribution is 5.73. The average Bonchev–Trinajstić information content (AvgIpc) is 2.65. The minimum atomic E-state index is -0.443. The number of nitrogens with zero attached hydrogens (tertiary/aromatic N) is 1. The summed E-state index contributed by atoms with van der Waals surface area (Å²) in [6.45, 7) is 5.07. The highest BCUT2D eigenvalue weighted by Crippen LogP contribution is 2.28. The molecule has 7 heteroatoms. The molecule has 7 nitrogen and oxygen atoms in total. The van der Waals surface area contributed by atoms with Gasteiger partial charge in [-0.15, -0.1) is 0 Å². The Morgan fingerprint density at radius 1 is 0.828 bits per heavy atom. The van der Waals surface area contributed by atoms with Crippen LogP contribution in [0.1, 0.15) is 31.9 Å². The van der Waals surface area contributed by atoms with Gasteiger partial charge in [0, 0.05) is 33.9 Å². The summed E-state index contributed by atoms with van der Waals surface area (Å²) in [7, 11) is 1.50. The number of esters is 2. The third kappa shape index (κ3) is 6.95. The second kappa shape index (κ2) is 10.3. The molecule has 154 valence electrons. The molecule has 2 rings (SSSR count). The summed E-state index contributed by atoms with van der Waals surface area (Å²) in [4.78, 5) is 36.1. The van der Waals surface area contributed by atoms with Crippen molar-refractivity contribution in [3.8, 4) is 17.2 Å². The summed E-state index contributed by atoms with van der Waals surface area (Å²) in [5.41, 5.74) is 1.84. The third-order valence-electron chi connectivity index (χ3n) is 4.16. The van der Waals surface area contributed by atoms with Crippen molar-refractivity contribution in [1.82, 2.24) is 4.90 Å². The van der Waals surface area contributed by atoms with Crippen molar-refractivity contribution < 1.29 is 28.6 Å². The molecule has 29 heavy (non-hydrogen) atoms. The molecule has 0 atom stereocenters. The van der Waals surface area contributed by atoms with Gasteiger partial charge in [-0.2, -0.15) is 0 Å². The number of benzene rings is 2. The summed E-state index contributed by atoms with van der Waals surface area (Å²) in [5.74, 6) is 0.384. The number of hydrogen-bond donors (Lipinski definition) is 0. The molecule has 0 unspecified atom stereocenters. The van der Waals surface area contributed by atoms with Gasteiger partial charge in [-0.25, -0.2) is 0 Å². The van der Waals surface area contributed by atoms with Crippen LogP contribution in [0.2, 0.25) is 0 Å². The summed E-state index contributed by atoms with van der Waals surface area (Å²) in [6.07, 6.45) is 0.646. The number of methoxy groups -OCH3 is 1. The fraction of sp³-hybridized carbons (Fsp3) is 0.318. The Bertz CT molecular complexity index is 875. The van der Waals surface area contributed by atoms with Crippen molar-refractivity contribution >= 4 is 17.8 Å². The highest BCUT2D eigenvalue weighted by Gasteiger charge is 2.13. The van der Waals surface area contributed by atoms with E-state index in [2.05, 4.69) is 0 Å². The van der Waals surface area contributed by atoms with Gasteiger partial charge in [-0.3, -0.25) is 14.4 Å². The minimum Gasteiger partial charge on any atom is -0.493 e. The van der Waals surface area contributed by atoms with Gasteiger partial charge >= 0.3 is 11.9 Å². The zero-order chi connectivity index (χ0) is 21.4. The van der Waals surface area contributed by atoms with Crippen molar-refractivity contribution in [2.24, 2.45) is 0 Å². The predicted octanol–water partition coefficient (Wildman–Crippen LogP) is 3.14. The minimum absolute atomic E-state index is 0.0635. The zero-order valence-electron chi connectivity index (χ0n) is 17.1. The fourth-order valence-electron chi connectivity index (χ4n) is 2.78. The van der Waals surface area contributed by atoms with Crippen LogP contribution in [0, 0.1) is 0 Å². The molecular weight excluding hydrogens is 374 g/mol. The van der Waals surface area contributed by atoms with E-state index in [0.717, 1.165) is 11.1 Å². The Kier molecular flexibility index (Phi) is 7.77. The second-order valence-corrected chi connectivity index (χ2v) is 6.51. The quantitative estimate of drug-likeness (QED) is 0.501. The van der Waals surface area contributed by atoms with Crippen LogP contribution in [0.25, 0.3) is 0 Å². The molecule has 1 amide bonds. The van der Waals surface area contributed by atoms with Crippen molar-refractivity contribution in [3.05, 3.63) is 53.6 Å². The Hall–Kier alpha value is -3.35. The lowest BCUT2D eigenvalue weighted by molar-refractivity contribution is -0.132. The van der Waals surface area contributed by atoms with E-state index in [1.54, 1.807) is 29.2 Å². The van der Waals surface area contributed by atoms with Gasteiger partial charge in [-0.1, -0.05) is 18.2 Å². The first-order valence-electron chi connectivity index (χ1n) is 9.16. The van der Waals surface area contributed by atoms with E-state index < -0.39 is 5.97 Å². The topological polar surface area (TPSA) is 82.1 Å². The zero-order valence-corrected chi connectivity index (χ0v) is 17.1. The van der Waals surface area contributed by atoms with Crippen LogP contribution >= 0.6 is 0 Å². The van der Waals surface area contributed by atoms with Crippen LogP contribution in [-0.4, -0.2) is 36.4 Å². The molecule has 0 aromatic heterocycles. The highest BCUT2D eigenvalue weighted by atomic mass is 16.6. The fourth-order valence-corrected chi connectivity index (χ4v) is 2.78. The lowest BCUT2D eigenvalue weighted by Crippen LogP contribution is -2.30. The van der Waals surface area contributed by atoms with E-state index in [9.17, 15) is 14.4 Å². The molecule has 0 saturated carbocycles. The molecule has 2 aromatic carbocycles.